The highest BCUT2D eigenvalue weighted by Crippen LogP contribution is 2.42. The molecule has 3 rings (SSSR count). The van der Waals surface area contributed by atoms with Gasteiger partial charge in [-0.05, 0) is 58.2 Å². The topological polar surface area (TPSA) is 74.0 Å². The fraction of sp³-hybridized carbons (Fsp3) is 0.905. The van der Waals surface area contributed by atoms with Gasteiger partial charge in [0.15, 0.2) is 5.96 Å². The number of nitrogens with two attached hydrogens (primary N) is 1. The Morgan fingerprint density at radius 2 is 1.90 bits per heavy atom. The maximum absolute atomic E-state index is 11.3. The molecule has 168 valence electrons. The van der Waals surface area contributed by atoms with Gasteiger partial charge in [0.25, 0.3) is 0 Å². The highest BCUT2D eigenvalue weighted by atomic mass is 127. The van der Waals surface area contributed by atoms with Gasteiger partial charge in [-0.25, -0.2) is 0 Å². The number of nitrogens with one attached hydrogen (secondary N) is 1. The molecule has 1 aliphatic carbocycles. The normalized spacial score (nSPS) is 23.6. The first kappa shape index (κ1) is 25.0. The van der Waals surface area contributed by atoms with E-state index in [1.54, 1.807) is 0 Å². The highest BCUT2D eigenvalue weighted by Gasteiger charge is 2.38. The van der Waals surface area contributed by atoms with E-state index in [1.165, 1.54) is 44.3 Å². The van der Waals surface area contributed by atoms with E-state index in [0.717, 1.165) is 64.5 Å². The van der Waals surface area contributed by atoms with Crippen molar-refractivity contribution < 1.29 is 4.79 Å². The molecule has 6 nitrogen and oxygen atoms in total. The summed E-state index contributed by atoms with van der Waals surface area (Å²) in [7, 11) is 1.92. The summed E-state index contributed by atoms with van der Waals surface area (Å²) < 4.78 is 0.477. The van der Waals surface area contributed by atoms with E-state index in [-0.39, 0.29) is 35.8 Å². The monoisotopic (exact) mass is 537 g/mol. The van der Waals surface area contributed by atoms with Crippen molar-refractivity contribution in [1.29, 1.82) is 0 Å². The second kappa shape index (κ2) is 12.6. The number of likely N-dealkylation sites (tertiary alicyclic amines) is 1. The van der Waals surface area contributed by atoms with Crippen LogP contribution in [0.3, 0.4) is 0 Å². The molecule has 2 saturated heterocycles. The molecule has 0 bridgehead atoms. The van der Waals surface area contributed by atoms with E-state index in [2.05, 4.69) is 31.9 Å². The molecule has 1 spiro atoms. The second-order valence-corrected chi connectivity index (χ2v) is 10.3. The van der Waals surface area contributed by atoms with Crippen molar-refractivity contribution in [1.82, 2.24) is 15.1 Å². The van der Waals surface area contributed by atoms with Gasteiger partial charge < -0.3 is 20.9 Å². The number of unbranched alkanes of at least 4 members (excludes halogenated alkanes) is 1. The van der Waals surface area contributed by atoms with Crippen LogP contribution < -0.4 is 11.1 Å². The summed E-state index contributed by atoms with van der Waals surface area (Å²) in [6.45, 7) is 6.40. The predicted octanol–water partition coefficient (Wildman–Crippen LogP) is 2.91. The van der Waals surface area contributed by atoms with E-state index in [9.17, 15) is 4.79 Å². The molecule has 0 aromatic heterocycles. The summed E-state index contributed by atoms with van der Waals surface area (Å²) in [6, 6.07) is 0. The largest absolute Gasteiger partial charge is 0.369 e. The molecule has 0 unspecified atom stereocenters. The Bertz CT molecular complexity index is 528. The summed E-state index contributed by atoms with van der Waals surface area (Å²) in [5, 5.41) is 3.61. The SMILES string of the molecule is CN=C(NCCCCN1CCC(C(N)=O)CC1)N1CCSC2(CCCCC2)C1.I. The highest BCUT2D eigenvalue weighted by molar-refractivity contribution is 14.0. The number of halogens is 1. The van der Waals surface area contributed by atoms with Crippen LogP contribution >= 0.6 is 35.7 Å². The first-order chi connectivity index (χ1) is 13.6. The number of amides is 1. The third-order valence-electron chi connectivity index (χ3n) is 6.70. The maximum Gasteiger partial charge on any atom is 0.220 e. The Morgan fingerprint density at radius 1 is 1.17 bits per heavy atom. The lowest BCUT2D eigenvalue weighted by atomic mass is 9.87. The number of aliphatic imine (C=N–C) groups is 1. The van der Waals surface area contributed by atoms with Gasteiger partial charge in [-0.2, -0.15) is 11.8 Å². The molecule has 29 heavy (non-hydrogen) atoms. The minimum absolute atomic E-state index is 0. The van der Waals surface area contributed by atoms with E-state index in [0.29, 0.717) is 4.75 Å². The van der Waals surface area contributed by atoms with Crippen molar-refractivity contribution in [3.8, 4) is 0 Å². The number of rotatable bonds is 6. The molecular weight excluding hydrogens is 497 g/mol. The molecular formula is C21H40IN5OS. The van der Waals surface area contributed by atoms with Gasteiger partial charge in [-0.3, -0.25) is 9.79 Å². The molecule has 0 aromatic rings. The van der Waals surface area contributed by atoms with Crippen molar-refractivity contribution in [2.24, 2.45) is 16.6 Å². The number of primary amides is 1. The Hall–Kier alpha value is -0.220. The quantitative estimate of drug-likeness (QED) is 0.236. The van der Waals surface area contributed by atoms with Gasteiger partial charge in [-0.1, -0.05) is 19.3 Å². The molecule has 2 heterocycles. The van der Waals surface area contributed by atoms with Gasteiger partial charge in [0.2, 0.25) is 5.91 Å². The summed E-state index contributed by atoms with van der Waals surface area (Å²) in [6.07, 6.45) is 11.1. The van der Waals surface area contributed by atoms with Gasteiger partial charge in [0.05, 0.1) is 0 Å². The van der Waals surface area contributed by atoms with E-state index in [4.69, 9.17) is 5.73 Å². The second-order valence-electron chi connectivity index (χ2n) is 8.71. The zero-order valence-electron chi connectivity index (χ0n) is 18.0. The number of hydrogen-bond acceptors (Lipinski definition) is 4. The number of piperidine rings is 1. The molecule has 2 aliphatic heterocycles. The summed E-state index contributed by atoms with van der Waals surface area (Å²) in [5.41, 5.74) is 5.42. The van der Waals surface area contributed by atoms with Crippen LogP contribution in [0.2, 0.25) is 0 Å². The average Bonchev–Trinajstić information content (AvgIpc) is 2.71. The van der Waals surface area contributed by atoms with Crippen LogP contribution in [0.25, 0.3) is 0 Å². The lowest BCUT2D eigenvalue weighted by Gasteiger charge is -2.45. The smallest absolute Gasteiger partial charge is 0.220 e. The van der Waals surface area contributed by atoms with Crippen LogP contribution in [0.5, 0.6) is 0 Å². The van der Waals surface area contributed by atoms with Crippen molar-refractivity contribution in [2.75, 3.05) is 52.1 Å². The molecule has 0 aromatic carbocycles. The predicted molar refractivity (Wildman–Crippen MR) is 134 cm³/mol. The average molecular weight is 538 g/mol. The van der Waals surface area contributed by atoms with Gasteiger partial charge in [-0.15, -0.1) is 24.0 Å². The van der Waals surface area contributed by atoms with Gasteiger partial charge >= 0.3 is 0 Å². The number of hydrogen-bond donors (Lipinski definition) is 2. The number of thioether (sulfide) groups is 1. The first-order valence-corrected chi connectivity index (χ1v) is 12.2. The van der Waals surface area contributed by atoms with E-state index < -0.39 is 0 Å². The Balaban J connectivity index is 0.00000300. The third-order valence-corrected chi connectivity index (χ3v) is 8.24. The zero-order valence-corrected chi connectivity index (χ0v) is 21.2. The van der Waals surface area contributed by atoms with Crippen LogP contribution in [0.4, 0.5) is 0 Å². The molecule has 3 N–H and O–H groups in total. The lowest BCUT2D eigenvalue weighted by molar-refractivity contribution is -0.123. The zero-order chi connectivity index (χ0) is 19.8. The molecule has 0 atom stereocenters. The van der Waals surface area contributed by atoms with Crippen LogP contribution in [-0.2, 0) is 4.79 Å². The van der Waals surface area contributed by atoms with E-state index in [1.807, 2.05) is 7.05 Å². The fourth-order valence-corrected chi connectivity index (χ4v) is 6.53. The first-order valence-electron chi connectivity index (χ1n) is 11.2. The molecule has 0 radical (unpaired) electrons. The van der Waals surface area contributed by atoms with Crippen molar-refractivity contribution in [3.63, 3.8) is 0 Å². The molecule has 3 fully saturated rings. The van der Waals surface area contributed by atoms with Gasteiger partial charge in [0, 0.05) is 43.1 Å². The number of nitrogens with zero attached hydrogens (tertiary/aromatic N) is 3. The third kappa shape index (κ3) is 7.45. The Morgan fingerprint density at radius 3 is 2.55 bits per heavy atom. The minimum Gasteiger partial charge on any atom is -0.369 e. The Kier molecular flexibility index (Phi) is 10.9. The van der Waals surface area contributed by atoms with Crippen LogP contribution in [-0.4, -0.2) is 78.5 Å². The molecule has 1 saturated carbocycles. The molecule has 3 aliphatic rings. The summed E-state index contributed by atoms with van der Waals surface area (Å²) in [5.74, 6) is 2.28. The maximum atomic E-state index is 11.3. The minimum atomic E-state index is -0.124. The lowest BCUT2D eigenvalue weighted by Crippen LogP contribution is -2.53. The summed E-state index contributed by atoms with van der Waals surface area (Å²) >= 11 is 2.21. The van der Waals surface area contributed by atoms with Crippen molar-refractivity contribution in [2.45, 2.75) is 62.5 Å². The van der Waals surface area contributed by atoms with Gasteiger partial charge in [0.1, 0.15) is 0 Å². The van der Waals surface area contributed by atoms with E-state index >= 15 is 0 Å². The number of carbonyl (C=O) groups excluding carboxylic acids is 1. The van der Waals surface area contributed by atoms with Crippen LogP contribution in [0.1, 0.15) is 57.8 Å². The molecule has 8 heteroatoms. The number of carbonyl (C=O) groups is 1. The standard InChI is InChI=1S/C21H39N5OS.HI/c1-23-20(26-15-16-28-21(17-26)9-3-2-4-10-21)24-11-5-6-12-25-13-7-18(8-14-25)19(22)27;/h18H,2-17H2,1H3,(H2,22,27)(H,23,24);1H. The van der Waals surface area contributed by atoms with Crippen molar-refractivity contribution >= 4 is 47.6 Å². The number of guanidine groups is 1. The van der Waals surface area contributed by atoms with Crippen LogP contribution in [0.15, 0.2) is 4.99 Å². The van der Waals surface area contributed by atoms with Crippen LogP contribution in [0, 0.1) is 5.92 Å². The summed E-state index contributed by atoms with van der Waals surface area (Å²) in [4.78, 5) is 20.8. The Labute approximate surface area is 198 Å². The fourth-order valence-electron chi connectivity index (χ4n) is 4.96. The van der Waals surface area contributed by atoms with Crippen molar-refractivity contribution in [3.05, 3.63) is 0 Å². The molecule has 1 amide bonds.